The molecule has 0 aromatic carbocycles. The molecule has 15 atom stereocenters. The second-order valence-corrected chi connectivity index (χ2v) is 14.5. The molecule has 13 N–H and O–H groups in total. The SMILES string of the molecule is NC(=O)C1CCC[NH+]([C@H]2O[C@H](COP(=O)([O-])OP(=O)(O)OC[C@H]3O[C@@H](N4CNC5C(N)NCNC54)[C@H](O)[C@@H]3O)[C@@H](O)[C@H]2O)C1. The molecule has 0 aromatic rings. The van der Waals surface area contributed by atoms with Crippen molar-refractivity contribution < 1.29 is 71.9 Å². The van der Waals surface area contributed by atoms with Crippen LogP contribution in [0.15, 0.2) is 0 Å². The Bertz CT molecular complexity index is 1130. The Morgan fingerprint density at radius 2 is 1.70 bits per heavy atom. The number of likely N-dealkylation sites (tertiary alicyclic amines) is 1. The minimum Gasteiger partial charge on any atom is -0.756 e. The van der Waals surface area contributed by atoms with E-state index in [-0.39, 0.29) is 25.4 Å². The zero-order valence-electron chi connectivity index (χ0n) is 23.5. The Labute approximate surface area is 251 Å². The monoisotopic (exact) mass is 677 g/mol. The van der Waals surface area contributed by atoms with Gasteiger partial charge in [-0.1, -0.05) is 0 Å². The summed E-state index contributed by atoms with van der Waals surface area (Å²) in [4.78, 5) is 36.3. The number of nitrogens with zero attached hydrogens (tertiary/aromatic N) is 1. The molecule has 5 heterocycles. The first-order valence-corrected chi connectivity index (χ1v) is 17.2. The number of nitrogens with one attached hydrogen (secondary N) is 4. The maximum absolute atomic E-state index is 12.4. The molecule has 44 heavy (non-hydrogen) atoms. The van der Waals surface area contributed by atoms with E-state index in [0.717, 1.165) is 0 Å². The van der Waals surface area contributed by atoms with Gasteiger partial charge in [-0.2, -0.15) is 0 Å². The second kappa shape index (κ2) is 13.8. The van der Waals surface area contributed by atoms with Crippen LogP contribution in [0.3, 0.4) is 0 Å². The van der Waals surface area contributed by atoms with Gasteiger partial charge in [0.15, 0.2) is 6.10 Å². The van der Waals surface area contributed by atoms with E-state index in [1.165, 1.54) is 0 Å². The van der Waals surface area contributed by atoms with E-state index in [4.69, 9.17) is 25.5 Å². The number of quaternary nitrogens is 1. The number of nitrogens with two attached hydrogens (primary N) is 2. The van der Waals surface area contributed by atoms with Crippen molar-refractivity contribution in [2.45, 2.75) is 80.3 Å². The molecule has 254 valence electrons. The number of phosphoric acid groups is 2. The summed E-state index contributed by atoms with van der Waals surface area (Å²) in [5.41, 5.74) is 11.4. The molecule has 0 saturated carbocycles. The van der Waals surface area contributed by atoms with Crippen molar-refractivity contribution in [3.63, 3.8) is 0 Å². The highest BCUT2D eigenvalue weighted by Gasteiger charge is 2.53. The number of aliphatic hydroxyl groups excluding tert-OH is 4. The Balaban J connectivity index is 1.10. The van der Waals surface area contributed by atoms with Gasteiger partial charge in [-0.15, -0.1) is 0 Å². The highest BCUT2D eigenvalue weighted by Crippen LogP contribution is 2.58. The molecule has 0 bridgehead atoms. The van der Waals surface area contributed by atoms with E-state index in [1.54, 1.807) is 4.90 Å². The number of primary amides is 1. The maximum Gasteiger partial charge on any atom is 0.478 e. The second-order valence-electron chi connectivity index (χ2n) is 11.5. The highest BCUT2D eigenvalue weighted by atomic mass is 31.3. The molecule has 7 unspecified atom stereocenters. The molecule has 5 aliphatic rings. The van der Waals surface area contributed by atoms with Crippen LogP contribution >= 0.6 is 15.6 Å². The van der Waals surface area contributed by atoms with E-state index in [2.05, 4.69) is 24.8 Å². The fraction of sp³-hybridized carbons (Fsp3) is 0.952. The lowest BCUT2D eigenvalue weighted by molar-refractivity contribution is -0.956. The molecule has 5 rings (SSSR count). The Morgan fingerprint density at radius 3 is 2.43 bits per heavy atom. The number of hydrogen-bond donors (Lipinski definition) is 11. The van der Waals surface area contributed by atoms with Gasteiger partial charge in [0, 0.05) is 6.67 Å². The minimum atomic E-state index is -5.55. The van der Waals surface area contributed by atoms with Crippen molar-refractivity contribution >= 4 is 21.6 Å². The lowest BCUT2D eigenvalue weighted by Gasteiger charge is -2.38. The third-order valence-electron chi connectivity index (χ3n) is 8.64. The van der Waals surface area contributed by atoms with E-state index < -0.39 is 95.9 Å². The average molecular weight is 678 g/mol. The Kier molecular flexibility index (Phi) is 10.8. The Morgan fingerprint density at radius 1 is 1.02 bits per heavy atom. The smallest absolute Gasteiger partial charge is 0.478 e. The van der Waals surface area contributed by atoms with Gasteiger partial charge >= 0.3 is 7.82 Å². The summed E-state index contributed by atoms with van der Waals surface area (Å²) in [6.07, 6.45) is -10.3. The maximum atomic E-state index is 12.4. The summed E-state index contributed by atoms with van der Waals surface area (Å²) >= 11 is 0. The molecule has 23 heteroatoms. The van der Waals surface area contributed by atoms with Crippen molar-refractivity contribution in [3.8, 4) is 0 Å². The van der Waals surface area contributed by atoms with Gasteiger partial charge in [-0.05, 0) is 12.8 Å². The van der Waals surface area contributed by atoms with Crippen LogP contribution in [-0.4, -0.2) is 143 Å². The number of phosphoric ester groups is 2. The number of carbonyl (C=O) groups is 1. The van der Waals surface area contributed by atoms with Crippen LogP contribution in [0, 0.1) is 5.92 Å². The predicted octanol–water partition coefficient (Wildman–Crippen LogP) is -7.73. The normalized spacial score (nSPS) is 45.9. The van der Waals surface area contributed by atoms with Gasteiger partial charge in [0.2, 0.25) is 12.1 Å². The highest BCUT2D eigenvalue weighted by molar-refractivity contribution is 7.60. The third kappa shape index (κ3) is 7.52. The summed E-state index contributed by atoms with van der Waals surface area (Å²) in [5, 5.41) is 51.3. The van der Waals surface area contributed by atoms with Crippen molar-refractivity contribution in [1.82, 2.24) is 20.9 Å². The summed E-state index contributed by atoms with van der Waals surface area (Å²) < 4.78 is 49.7. The summed E-state index contributed by atoms with van der Waals surface area (Å²) in [6, 6.07) is -0.241. The first-order valence-electron chi connectivity index (χ1n) is 14.2. The van der Waals surface area contributed by atoms with Crippen LogP contribution in [0.5, 0.6) is 0 Å². The lowest BCUT2D eigenvalue weighted by Crippen LogP contribution is -3.18. The average Bonchev–Trinajstić information content (AvgIpc) is 3.61. The summed E-state index contributed by atoms with van der Waals surface area (Å²) in [6.45, 7) is -0.334. The van der Waals surface area contributed by atoms with Crippen molar-refractivity contribution in [3.05, 3.63) is 0 Å². The van der Waals surface area contributed by atoms with Gasteiger partial charge in [-0.25, -0.2) is 13.8 Å². The van der Waals surface area contributed by atoms with Crippen LogP contribution in [-0.2, 0) is 36.8 Å². The summed E-state index contributed by atoms with van der Waals surface area (Å²) in [5.74, 6) is -0.947. The van der Waals surface area contributed by atoms with Crippen LogP contribution in [0.25, 0.3) is 0 Å². The molecular weight excluding hydrogens is 636 g/mol. The van der Waals surface area contributed by atoms with Crippen molar-refractivity contribution in [1.29, 1.82) is 0 Å². The quantitative estimate of drug-likeness (QED) is 0.0905. The van der Waals surface area contributed by atoms with Gasteiger partial charge in [0.05, 0.1) is 57.3 Å². The number of ether oxygens (including phenoxy) is 2. The molecule has 21 nitrogen and oxygen atoms in total. The number of rotatable bonds is 11. The molecule has 1 amide bonds. The molecule has 0 aromatic heterocycles. The number of fused-ring (bicyclic) bond motifs is 1. The van der Waals surface area contributed by atoms with Crippen molar-refractivity contribution in [2.24, 2.45) is 17.4 Å². The lowest BCUT2D eigenvalue weighted by atomic mass is 9.96. The van der Waals surface area contributed by atoms with Crippen LogP contribution in [0.1, 0.15) is 12.8 Å². The molecule has 5 fully saturated rings. The molecule has 0 aliphatic carbocycles. The van der Waals surface area contributed by atoms with Gasteiger partial charge in [0.25, 0.3) is 7.82 Å². The van der Waals surface area contributed by atoms with Crippen LogP contribution < -0.4 is 37.2 Å². The molecule has 0 radical (unpaired) electrons. The fourth-order valence-corrected chi connectivity index (χ4v) is 8.37. The number of aliphatic hydroxyl groups is 4. The third-order valence-corrected chi connectivity index (χ3v) is 11.2. The van der Waals surface area contributed by atoms with E-state index in [1.807, 2.05) is 0 Å². The Hall–Kier alpha value is -0.750. The zero-order valence-corrected chi connectivity index (χ0v) is 25.3. The standard InChI is InChI=1S/C21H41N7O14P2/c22-17-12-19(25-7-24-17)28(8-26-12)21-16(32)14(30)11(41-21)6-39-44(36,37)42-43(34,35)38-5-10-13(29)15(31)20(40-10)27-3-1-2-9(4-27)18(23)33/h9-17,19-21,24-26,29-32H,1-8,22H2,(H2,23,33)(H,34,35)(H,36,37)/t9?,10-,11-,12?,13-,14-,15-,16-,17?,19?,20+,21-/m1/s1. The molecule has 0 spiro atoms. The van der Waals surface area contributed by atoms with Gasteiger partial charge < -0.3 is 60.6 Å². The molecular formula is C21H41N7O14P2. The first-order chi connectivity index (χ1) is 20.7. The number of piperidine rings is 1. The van der Waals surface area contributed by atoms with E-state index >= 15 is 0 Å². The van der Waals surface area contributed by atoms with Crippen LogP contribution in [0.2, 0.25) is 0 Å². The zero-order chi connectivity index (χ0) is 32.0. The largest absolute Gasteiger partial charge is 0.756 e. The number of carbonyl (C=O) groups excluding carboxylic acids is 1. The molecule has 5 saturated heterocycles. The number of hydrogen-bond acceptors (Lipinski definition) is 18. The van der Waals surface area contributed by atoms with Crippen LogP contribution in [0.4, 0.5) is 0 Å². The predicted molar refractivity (Wildman–Crippen MR) is 141 cm³/mol. The van der Waals surface area contributed by atoms with E-state index in [9.17, 15) is 44.1 Å². The molecule has 5 aliphatic heterocycles. The first kappa shape index (κ1) is 34.6. The number of amides is 1. The van der Waals surface area contributed by atoms with Gasteiger partial charge in [-0.3, -0.25) is 29.8 Å². The fourth-order valence-electron chi connectivity index (χ4n) is 6.32. The van der Waals surface area contributed by atoms with Gasteiger partial charge in [0.1, 0.15) is 36.7 Å². The topological polar surface area (TPSA) is 317 Å². The minimum absolute atomic E-state index is 0.239. The van der Waals surface area contributed by atoms with Crippen molar-refractivity contribution in [2.75, 3.05) is 39.6 Å². The summed E-state index contributed by atoms with van der Waals surface area (Å²) in [7, 11) is -10.9. The van der Waals surface area contributed by atoms with E-state index in [0.29, 0.717) is 31.0 Å².